The van der Waals surface area contributed by atoms with Crippen molar-refractivity contribution in [2.24, 2.45) is 5.73 Å². The lowest BCUT2D eigenvalue weighted by atomic mass is 10.1. The largest absolute Gasteiger partial charge is 0.416 e. The molecule has 0 radical (unpaired) electrons. The van der Waals surface area contributed by atoms with Crippen molar-refractivity contribution in [1.82, 2.24) is 4.90 Å². The highest BCUT2D eigenvalue weighted by Gasteiger charge is 2.31. The molecule has 19 heavy (non-hydrogen) atoms. The van der Waals surface area contributed by atoms with Crippen molar-refractivity contribution in [3.05, 3.63) is 35.4 Å². The molecule has 0 amide bonds. The Morgan fingerprint density at radius 1 is 1.26 bits per heavy atom. The zero-order valence-electron chi connectivity index (χ0n) is 10.8. The highest BCUT2D eigenvalue weighted by atomic mass is 19.4. The molecule has 1 aromatic rings. The van der Waals surface area contributed by atoms with Crippen LogP contribution in [0, 0.1) is 0 Å². The third-order valence-corrected chi connectivity index (χ3v) is 3.35. The van der Waals surface area contributed by atoms with Gasteiger partial charge in [0.1, 0.15) is 0 Å². The molecule has 2 nitrogen and oxygen atoms in total. The number of hydrogen-bond acceptors (Lipinski definition) is 2. The van der Waals surface area contributed by atoms with Crippen LogP contribution in [0.1, 0.15) is 30.4 Å². The van der Waals surface area contributed by atoms with Gasteiger partial charge in [-0.2, -0.15) is 13.2 Å². The van der Waals surface area contributed by atoms with Crippen molar-refractivity contribution in [3.63, 3.8) is 0 Å². The van der Waals surface area contributed by atoms with Gasteiger partial charge in [0, 0.05) is 12.6 Å². The molecular weight excluding hydrogens is 253 g/mol. The smallest absolute Gasteiger partial charge is 0.330 e. The van der Waals surface area contributed by atoms with Crippen LogP contribution in [0.2, 0.25) is 0 Å². The highest BCUT2D eigenvalue weighted by molar-refractivity contribution is 5.25. The first-order chi connectivity index (χ1) is 9.00. The molecule has 2 rings (SSSR count). The molecule has 0 aromatic heterocycles. The van der Waals surface area contributed by atoms with Gasteiger partial charge in [-0.25, -0.2) is 0 Å². The predicted octanol–water partition coefficient (Wildman–Crippen LogP) is 3.02. The second-order valence-electron chi connectivity index (χ2n) is 5.04. The average Bonchev–Trinajstić information content (AvgIpc) is 3.18. The third-order valence-electron chi connectivity index (χ3n) is 3.35. The molecule has 2 N–H and O–H groups in total. The van der Waals surface area contributed by atoms with Crippen LogP contribution < -0.4 is 5.73 Å². The van der Waals surface area contributed by atoms with Crippen LogP contribution in [-0.4, -0.2) is 24.0 Å². The number of rotatable bonds is 6. The minimum atomic E-state index is -4.27. The van der Waals surface area contributed by atoms with Crippen LogP contribution in [0.4, 0.5) is 13.2 Å². The van der Waals surface area contributed by atoms with Crippen LogP contribution >= 0.6 is 0 Å². The van der Waals surface area contributed by atoms with Crippen molar-refractivity contribution in [2.75, 3.05) is 13.1 Å². The van der Waals surface area contributed by atoms with Crippen LogP contribution in [-0.2, 0) is 12.7 Å². The molecule has 1 saturated carbocycles. The number of nitrogens with two attached hydrogens (primary N) is 1. The van der Waals surface area contributed by atoms with Gasteiger partial charge in [-0.3, -0.25) is 4.90 Å². The van der Waals surface area contributed by atoms with Crippen molar-refractivity contribution in [2.45, 2.75) is 38.0 Å². The van der Waals surface area contributed by atoms with Crippen LogP contribution in [0.3, 0.4) is 0 Å². The number of benzene rings is 1. The van der Waals surface area contributed by atoms with Crippen LogP contribution in [0.25, 0.3) is 0 Å². The van der Waals surface area contributed by atoms with Crippen molar-refractivity contribution in [3.8, 4) is 0 Å². The van der Waals surface area contributed by atoms with Crippen LogP contribution in [0.5, 0.6) is 0 Å². The van der Waals surface area contributed by atoms with Crippen molar-refractivity contribution in [1.29, 1.82) is 0 Å². The van der Waals surface area contributed by atoms with Gasteiger partial charge < -0.3 is 5.73 Å². The zero-order valence-corrected chi connectivity index (χ0v) is 10.8. The molecule has 1 aliphatic rings. The number of nitrogens with zero attached hydrogens (tertiary/aromatic N) is 1. The summed E-state index contributed by atoms with van der Waals surface area (Å²) in [5.74, 6) is 0. The monoisotopic (exact) mass is 272 g/mol. The van der Waals surface area contributed by atoms with Gasteiger partial charge in [-0.1, -0.05) is 18.2 Å². The molecule has 0 spiro atoms. The van der Waals surface area contributed by atoms with Gasteiger partial charge >= 0.3 is 6.18 Å². The summed E-state index contributed by atoms with van der Waals surface area (Å²) in [5.41, 5.74) is 5.65. The van der Waals surface area contributed by atoms with E-state index in [9.17, 15) is 13.2 Å². The Hall–Kier alpha value is -1.07. The van der Waals surface area contributed by atoms with E-state index in [0.717, 1.165) is 37.4 Å². The van der Waals surface area contributed by atoms with E-state index in [1.165, 1.54) is 12.1 Å². The first kappa shape index (κ1) is 14.3. The van der Waals surface area contributed by atoms with E-state index in [1.807, 2.05) is 0 Å². The van der Waals surface area contributed by atoms with E-state index in [0.29, 0.717) is 19.1 Å². The molecule has 1 aliphatic carbocycles. The Kier molecular flexibility index (Phi) is 4.47. The molecule has 0 saturated heterocycles. The zero-order chi connectivity index (χ0) is 13.9. The molecule has 0 bridgehead atoms. The Balaban J connectivity index is 2.04. The summed E-state index contributed by atoms with van der Waals surface area (Å²) in [4.78, 5) is 2.24. The molecule has 5 heteroatoms. The molecule has 0 aliphatic heterocycles. The van der Waals surface area contributed by atoms with E-state index in [4.69, 9.17) is 5.73 Å². The molecule has 106 valence electrons. The average molecular weight is 272 g/mol. The Bertz CT molecular complexity index is 413. The van der Waals surface area contributed by atoms with Gasteiger partial charge in [-0.05, 0) is 44.0 Å². The minimum absolute atomic E-state index is 0.529. The number of halogens is 3. The fraction of sp³-hybridized carbons (Fsp3) is 0.571. The quantitative estimate of drug-likeness (QED) is 0.862. The number of hydrogen-bond donors (Lipinski definition) is 1. The normalized spacial score (nSPS) is 16.1. The summed E-state index contributed by atoms with van der Waals surface area (Å²) in [6, 6.07) is 6.13. The second-order valence-corrected chi connectivity index (χ2v) is 5.04. The highest BCUT2D eigenvalue weighted by Crippen LogP contribution is 2.31. The lowest BCUT2D eigenvalue weighted by Gasteiger charge is -2.22. The van der Waals surface area contributed by atoms with Crippen molar-refractivity contribution < 1.29 is 13.2 Å². The molecule has 0 heterocycles. The van der Waals surface area contributed by atoms with E-state index < -0.39 is 11.7 Å². The molecule has 1 aromatic carbocycles. The maximum absolute atomic E-state index is 12.6. The molecule has 1 fully saturated rings. The molecule has 0 atom stereocenters. The van der Waals surface area contributed by atoms with Gasteiger partial charge in [0.15, 0.2) is 0 Å². The maximum atomic E-state index is 12.6. The maximum Gasteiger partial charge on any atom is 0.416 e. The summed E-state index contributed by atoms with van der Waals surface area (Å²) >= 11 is 0. The second kappa shape index (κ2) is 5.92. The summed E-state index contributed by atoms with van der Waals surface area (Å²) in [5, 5.41) is 0. The topological polar surface area (TPSA) is 29.3 Å². The Morgan fingerprint density at radius 3 is 2.58 bits per heavy atom. The van der Waals surface area contributed by atoms with Gasteiger partial charge in [0.05, 0.1) is 5.56 Å². The standard InChI is InChI=1S/C14H19F3N2/c15-14(16,17)12-4-1-3-11(9-12)10-19(8-2-7-18)13-5-6-13/h1,3-4,9,13H,2,5-8,10,18H2. The van der Waals surface area contributed by atoms with Crippen molar-refractivity contribution >= 4 is 0 Å². The molecule has 0 unspecified atom stereocenters. The first-order valence-electron chi connectivity index (χ1n) is 6.61. The van der Waals surface area contributed by atoms with Crippen LogP contribution in [0.15, 0.2) is 24.3 Å². The Morgan fingerprint density at radius 2 is 2.00 bits per heavy atom. The van der Waals surface area contributed by atoms with E-state index >= 15 is 0 Å². The predicted molar refractivity (Wildman–Crippen MR) is 68.5 cm³/mol. The van der Waals surface area contributed by atoms with Gasteiger partial charge in [-0.15, -0.1) is 0 Å². The van der Waals surface area contributed by atoms with Gasteiger partial charge in [0.25, 0.3) is 0 Å². The van der Waals surface area contributed by atoms with E-state index in [-0.39, 0.29) is 0 Å². The number of alkyl halides is 3. The lowest BCUT2D eigenvalue weighted by Crippen LogP contribution is -2.28. The Labute approximate surface area is 111 Å². The summed E-state index contributed by atoms with van der Waals surface area (Å²) < 4.78 is 37.9. The summed E-state index contributed by atoms with van der Waals surface area (Å²) in [6.45, 7) is 2.05. The van der Waals surface area contributed by atoms with E-state index in [1.54, 1.807) is 6.07 Å². The third kappa shape index (κ3) is 4.21. The summed E-state index contributed by atoms with van der Waals surface area (Å²) in [7, 11) is 0. The SMILES string of the molecule is NCCCN(Cc1cccc(C(F)(F)F)c1)C1CC1. The first-order valence-corrected chi connectivity index (χ1v) is 6.61. The fourth-order valence-electron chi connectivity index (χ4n) is 2.21. The molecular formula is C14H19F3N2. The minimum Gasteiger partial charge on any atom is -0.330 e. The fourth-order valence-corrected chi connectivity index (χ4v) is 2.21. The lowest BCUT2D eigenvalue weighted by molar-refractivity contribution is -0.137. The van der Waals surface area contributed by atoms with Gasteiger partial charge in [0.2, 0.25) is 0 Å². The van der Waals surface area contributed by atoms with E-state index in [2.05, 4.69) is 4.90 Å². The summed E-state index contributed by atoms with van der Waals surface area (Å²) in [6.07, 6.45) is -1.10.